The lowest BCUT2D eigenvalue weighted by Crippen LogP contribution is -2.56. The highest BCUT2D eigenvalue weighted by atomic mass is 16.3. The number of aliphatic hydroxyl groups is 1. The topological polar surface area (TPSA) is 23.5 Å². The van der Waals surface area contributed by atoms with Crippen LogP contribution in [-0.2, 0) is 0 Å². The maximum Gasteiger partial charge on any atom is 0.0749 e. The maximum absolute atomic E-state index is 10.9. The van der Waals surface area contributed by atoms with E-state index in [1.807, 2.05) is 0 Å². The van der Waals surface area contributed by atoms with Crippen LogP contribution < -0.4 is 0 Å². The van der Waals surface area contributed by atoms with Gasteiger partial charge < -0.3 is 5.11 Å². The zero-order chi connectivity index (χ0) is 13.2. The number of hydrogen-bond acceptors (Lipinski definition) is 2. The van der Waals surface area contributed by atoms with Crippen LogP contribution in [0.3, 0.4) is 0 Å². The van der Waals surface area contributed by atoms with Crippen LogP contribution in [0.25, 0.3) is 0 Å². The predicted molar refractivity (Wildman–Crippen MR) is 76.6 cm³/mol. The summed E-state index contributed by atoms with van der Waals surface area (Å²) in [6.45, 7) is 9.26. The van der Waals surface area contributed by atoms with Crippen LogP contribution in [0.2, 0.25) is 0 Å². The van der Waals surface area contributed by atoms with Gasteiger partial charge in [0.25, 0.3) is 0 Å². The van der Waals surface area contributed by atoms with Gasteiger partial charge in [-0.1, -0.05) is 26.7 Å². The molecule has 1 N–H and O–H groups in total. The molecule has 2 fully saturated rings. The van der Waals surface area contributed by atoms with Gasteiger partial charge in [0.05, 0.1) is 6.10 Å². The van der Waals surface area contributed by atoms with E-state index in [4.69, 9.17) is 0 Å². The van der Waals surface area contributed by atoms with Gasteiger partial charge in [0.15, 0.2) is 0 Å². The van der Waals surface area contributed by atoms with Gasteiger partial charge in [-0.15, -0.1) is 0 Å². The second-order valence-corrected chi connectivity index (χ2v) is 6.87. The highest BCUT2D eigenvalue weighted by molar-refractivity contribution is 4.97. The van der Waals surface area contributed by atoms with Gasteiger partial charge in [0.2, 0.25) is 0 Å². The Morgan fingerprint density at radius 3 is 2.22 bits per heavy atom. The molecule has 0 amide bonds. The summed E-state index contributed by atoms with van der Waals surface area (Å²) in [4.78, 5) is 2.55. The molecule has 0 radical (unpaired) electrons. The fraction of sp³-hybridized carbons (Fsp3) is 1.00. The van der Waals surface area contributed by atoms with Gasteiger partial charge in [-0.25, -0.2) is 0 Å². The van der Waals surface area contributed by atoms with Crippen molar-refractivity contribution in [2.75, 3.05) is 13.1 Å². The van der Waals surface area contributed by atoms with Crippen molar-refractivity contribution in [3.05, 3.63) is 0 Å². The highest BCUT2D eigenvalue weighted by Gasteiger charge is 2.42. The molecule has 2 aliphatic rings. The zero-order valence-corrected chi connectivity index (χ0v) is 12.5. The lowest BCUT2D eigenvalue weighted by atomic mass is 9.73. The summed E-state index contributed by atoms with van der Waals surface area (Å²) < 4.78 is 0. The Bertz CT molecular complexity index is 254. The van der Waals surface area contributed by atoms with E-state index >= 15 is 0 Å². The van der Waals surface area contributed by atoms with E-state index < -0.39 is 0 Å². The summed E-state index contributed by atoms with van der Waals surface area (Å²) in [7, 11) is 0. The lowest BCUT2D eigenvalue weighted by Gasteiger charge is -2.46. The van der Waals surface area contributed by atoms with Crippen molar-refractivity contribution in [3.8, 4) is 0 Å². The van der Waals surface area contributed by atoms with E-state index in [1.54, 1.807) is 0 Å². The van der Waals surface area contributed by atoms with Gasteiger partial charge in [-0.05, 0) is 64.0 Å². The zero-order valence-electron chi connectivity index (χ0n) is 12.5. The SMILES string of the molecule is CCC(C)(C(O)C1CCC(C)CC1)N1CCCC1. The molecule has 0 aromatic carbocycles. The van der Waals surface area contributed by atoms with E-state index in [0.717, 1.165) is 12.3 Å². The molecule has 18 heavy (non-hydrogen) atoms. The second-order valence-electron chi connectivity index (χ2n) is 6.87. The highest BCUT2D eigenvalue weighted by Crippen LogP contribution is 2.38. The van der Waals surface area contributed by atoms with Gasteiger partial charge in [0.1, 0.15) is 0 Å². The van der Waals surface area contributed by atoms with Crippen molar-refractivity contribution >= 4 is 0 Å². The normalized spacial score (nSPS) is 35.3. The first-order valence-electron chi connectivity index (χ1n) is 8.01. The standard InChI is InChI=1S/C16H31NO/c1-4-16(3,17-11-5-6-12-17)15(18)14-9-7-13(2)8-10-14/h13-15,18H,4-12H2,1-3H3. The Morgan fingerprint density at radius 1 is 1.17 bits per heavy atom. The van der Waals surface area contributed by atoms with Crippen molar-refractivity contribution in [2.45, 2.75) is 77.4 Å². The minimum Gasteiger partial charge on any atom is -0.391 e. The molecule has 0 aromatic rings. The van der Waals surface area contributed by atoms with E-state index in [2.05, 4.69) is 25.7 Å². The van der Waals surface area contributed by atoms with Crippen molar-refractivity contribution in [1.29, 1.82) is 0 Å². The third kappa shape index (κ3) is 2.75. The fourth-order valence-corrected chi connectivity index (χ4v) is 3.96. The molecule has 1 saturated heterocycles. The predicted octanol–water partition coefficient (Wildman–Crippen LogP) is 3.44. The van der Waals surface area contributed by atoms with E-state index in [0.29, 0.717) is 5.92 Å². The molecule has 2 unspecified atom stereocenters. The third-order valence-electron chi connectivity index (χ3n) is 5.69. The molecule has 106 valence electrons. The summed E-state index contributed by atoms with van der Waals surface area (Å²) in [5.41, 5.74) is 0.0156. The monoisotopic (exact) mass is 253 g/mol. The lowest BCUT2D eigenvalue weighted by molar-refractivity contribution is -0.0563. The first-order valence-corrected chi connectivity index (χ1v) is 8.01. The van der Waals surface area contributed by atoms with Gasteiger partial charge >= 0.3 is 0 Å². The van der Waals surface area contributed by atoms with Crippen molar-refractivity contribution in [2.24, 2.45) is 11.8 Å². The number of nitrogens with zero attached hydrogens (tertiary/aromatic N) is 1. The van der Waals surface area contributed by atoms with E-state index in [9.17, 15) is 5.11 Å². The fourth-order valence-electron chi connectivity index (χ4n) is 3.96. The molecule has 2 heteroatoms. The molecule has 2 rings (SSSR count). The van der Waals surface area contributed by atoms with Crippen LogP contribution in [0.4, 0.5) is 0 Å². The summed E-state index contributed by atoms with van der Waals surface area (Å²) in [6.07, 6.45) is 8.63. The molecule has 2 nitrogen and oxygen atoms in total. The molecule has 2 atom stereocenters. The molecule has 1 saturated carbocycles. The average Bonchev–Trinajstić information content (AvgIpc) is 2.92. The molecule has 0 bridgehead atoms. The van der Waals surface area contributed by atoms with Crippen LogP contribution >= 0.6 is 0 Å². The Balaban J connectivity index is 2.01. The molecular formula is C16H31NO. The molecular weight excluding hydrogens is 222 g/mol. The molecule has 1 aliphatic heterocycles. The summed E-state index contributed by atoms with van der Waals surface area (Å²) in [5.74, 6) is 1.40. The minimum absolute atomic E-state index is 0.0156. The first kappa shape index (κ1) is 14.3. The van der Waals surface area contributed by atoms with Crippen LogP contribution in [0.15, 0.2) is 0 Å². The van der Waals surface area contributed by atoms with Crippen molar-refractivity contribution < 1.29 is 5.11 Å². The number of rotatable bonds is 4. The Kier molecular flexibility index (Phi) is 4.71. The smallest absolute Gasteiger partial charge is 0.0749 e. The van der Waals surface area contributed by atoms with Crippen LogP contribution in [0.1, 0.15) is 65.7 Å². The largest absolute Gasteiger partial charge is 0.391 e. The van der Waals surface area contributed by atoms with Gasteiger partial charge in [-0.2, -0.15) is 0 Å². The Labute approximate surface area is 113 Å². The quantitative estimate of drug-likeness (QED) is 0.829. The van der Waals surface area contributed by atoms with Gasteiger partial charge in [-0.3, -0.25) is 4.90 Å². The number of aliphatic hydroxyl groups excluding tert-OH is 1. The summed E-state index contributed by atoms with van der Waals surface area (Å²) in [6, 6.07) is 0. The third-order valence-corrected chi connectivity index (χ3v) is 5.69. The van der Waals surface area contributed by atoms with E-state index in [1.165, 1.54) is 51.6 Å². The minimum atomic E-state index is -0.131. The molecule has 1 aliphatic carbocycles. The summed E-state index contributed by atoms with van der Waals surface area (Å²) in [5, 5.41) is 10.9. The average molecular weight is 253 g/mol. The number of hydrogen-bond donors (Lipinski definition) is 1. The van der Waals surface area contributed by atoms with Crippen molar-refractivity contribution in [1.82, 2.24) is 4.90 Å². The molecule has 1 heterocycles. The molecule has 0 aromatic heterocycles. The molecule has 0 spiro atoms. The first-order chi connectivity index (χ1) is 8.58. The maximum atomic E-state index is 10.9. The van der Waals surface area contributed by atoms with Gasteiger partial charge in [0, 0.05) is 5.54 Å². The van der Waals surface area contributed by atoms with Crippen LogP contribution in [-0.4, -0.2) is 34.7 Å². The summed E-state index contributed by atoms with van der Waals surface area (Å²) >= 11 is 0. The number of likely N-dealkylation sites (tertiary alicyclic amines) is 1. The van der Waals surface area contributed by atoms with Crippen LogP contribution in [0.5, 0.6) is 0 Å². The van der Waals surface area contributed by atoms with Crippen molar-refractivity contribution in [3.63, 3.8) is 0 Å². The Hall–Kier alpha value is -0.0800. The second kappa shape index (κ2) is 5.92. The van der Waals surface area contributed by atoms with E-state index in [-0.39, 0.29) is 11.6 Å². The van der Waals surface area contributed by atoms with Crippen LogP contribution in [0, 0.1) is 11.8 Å². The Morgan fingerprint density at radius 2 is 1.72 bits per heavy atom.